The molecule has 0 saturated heterocycles. The SMILES string of the molecule is Cc1cccc(N(c2cccc(C)c2)c2ccc3c(c2)C(C)(C)c2cc(N(c4ccc(-c5ccccc5)cc4)c4ccc(-c5ccccc5)cc4)ccc2-3)c1. The Bertz CT molecular complexity index is 2490. The molecule has 9 rings (SSSR count). The van der Waals surface area contributed by atoms with E-state index in [4.69, 9.17) is 0 Å². The molecule has 0 atom stereocenters. The summed E-state index contributed by atoms with van der Waals surface area (Å²) in [6.45, 7) is 9.08. The first-order chi connectivity index (χ1) is 26.8. The van der Waals surface area contributed by atoms with Gasteiger partial charge in [0.2, 0.25) is 0 Å². The second-order valence-electron chi connectivity index (χ2n) is 15.3. The Morgan fingerprint density at radius 3 is 1.05 bits per heavy atom. The Morgan fingerprint density at radius 2 is 0.655 bits per heavy atom. The van der Waals surface area contributed by atoms with E-state index in [-0.39, 0.29) is 5.41 Å². The van der Waals surface area contributed by atoms with Gasteiger partial charge in [-0.2, -0.15) is 0 Å². The molecular formula is C53H44N2. The van der Waals surface area contributed by atoms with Crippen LogP contribution in [0.3, 0.4) is 0 Å². The molecule has 0 N–H and O–H groups in total. The minimum atomic E-state index is -0.221. The molecule has 8 aromatic rings. The van der Waals surface area contributed by atoms with Crippen LogP contribution in [0, 0.1) is 13.8 Å². The van der Waals surface area contributed by atoms with Crippen molar-refractivity contribution in [2.45, 2.75) is 33.1 Å². The average molecular weight is 709 g/mol. The highest BCUT2D eigenvalue weighted by Crippen LogP contribution is 2.52. The molecule has 0 unspecified atom stereocenters. The van der Waals surface area contributed by atoms with Crippen molar-refractivity contribution in [1.29, 1.82) is 0 Å². The van der Waals surface area contributed by atoms with Gasteiger partial charge in [0.1, 0.15) is 0 Å². The van der Waals surface area contributed by atoms with Gasteiger partial charge in [-0.05, 0) is 142 Å². The van der Waals surface area contributed by atoms with E-state index in [1.807, 2.05) is 0 Å². The third-order valence-electron chi connectivity index (χ3n) is 11.1. The zero-order valence-electron chi connectivity index (χ0n) is 31.9. The van der Waals surface area contributed by atoms with Crippen molar-refractivity contribution in [2.24, 2.45) is 0 Å². The standard InChI is InChI=1S/C53H44N2/c1-37-13-11-19-45(33-37)55(46-20-12-14-38(2)34-46)48-30-32-50-49-31-29-47(35-51(49)53(3,4)52(50)36-48)54(43-25-21-41(22-26-43)39-15-7-5-8-16-39)44-27-23-42(24-28-44)40-17-9-6-10-18-40/h5-36H,1-4H3. The molecule has 266 valence electrons. The monoisotopic (exact) mass is 708 g/mol. The summed E-state index contributed by atoms with van der Waals surface area (Å²) in [5.74, 6) is 0. The van der Waals surface area contributed by atoms with Crippen LogP contribution in [0.15, 0.2) is 194 Å². The van der Waals surface area contributed by atoms with Crippen LogP contribution in [-0.4, -0.2) is 0 Å². The van der Waals surface area contributed by atoms with Gasteiger partial charge in [0.05, 0.1) is 0 Å². The predicted octanol–water partition coefficient (Wildman–Crippen LogP) is 14.9. The summed E-state index contributed by atoms with van der Waals surface area (Å²) >= 11 is 0. The summed E-state index contributed by atoms with van der Waals surface area (Å²) in [4.78, 5) is 4.79. The Morgan fingerprint density at radius 1 is 0.309 bits per heavy atom. The minimum absolute atomic E-state index is 0.221. The van der Waals surface area contributed by atoms with E-state index in [0.717, 1.165) is 34.1 Å². The molecule has 2 heteroatoms. The first kappa shape index (κ1) is 34.1. The first-order valence-electron chi connectivity index (χ1n) is 19.2. The summed E-state index contributed by atoms with van der Waals surface area (Å²) in [7, 11) is 0. The highest BCUT2D eigenvalue weighted by molar-refractivity contribution is 5.89. The number of hydrogen-bond acceptors (Lipinski definition) is 2. The van der Waals surface area contributed by atoms with E-state index >= 15 is 0 Å². The average Bonchev–Trinajstić information content (AvgIpc) is 3.44. The molecule has 1 aliphatic rings. The fourth-order valence-electron chi connectivity index (χ4n) is 8.29. The van der Waals surface area contributed by atoms with Crippen molar-refractivity contribution in [2.75, 3.05) is 9.80 Å². The van der Waals surface area contributed by atoms with E-state index in [9.17, 15) is 0 Å². The van der Waals surface area contributed by atoms with E-state index in [2.05, 4.69) is 232 Å². The molecule has 1 aliphatic carbocycles. The molecular weight excluding hydrogens is 665 g/mol. The fraction of sp³-hybridized carbons (Fsp3) is 0.0943. The number of aryl methyl sites for hydroxylation is 2. The topological polar surface area (TPSA) is 6.48 Å². The summed E-state index contributed by atoms with van der Waals surface area (Å²) in [6.07, 6.45) is 0. The number of nitrogens with zero attached hydrogens (tertiary/aromatic N) is 2. The molecule has 0 saturated carbocycles. The van der Waals surface area contributed by atoms with Gasteiger partial charge in [-0.15, -0.1) is 0 Å². The molecule has 0 fully saturated rings. The second-order valence-corrected chi connectivity index (χ2v) is 15.3. The van der Waals surface area contributed by atoms with Crippen LogP contribution in [-0.2, 0) is 5.41 Å². The van der Waals surface area contributed by atoms with Crippen molar-refractivity contribution in [1.82, 2.24) is 0 Å². The summed E-state index contributed by atoms with van der Waals surface area (Å²) in [6, 6.07) is 70.8. The number of benzene rings is 8. The van der Waals surface area contributed by atoms with Gasteiger partial charge >= 0.3 is 0 Å². The molecule has 8 aromatic carbocycles. The molecule has 0 spiro atoms. The summed E-state index contributed by atoms with van der Waals surface area (Å²) in [5.41, 5.74) is 19.2. The maximum absolute atomic E-state index is 2.42. The zero-order chi connectivity index (χ0) is 37.5. The lowest BCUT2D eigenvalue weighted by molar-refractivity contribution is 0.660. The zero-order valence-corrected chi connectivity index (χ0v) is 31.9. The van der Waals surface area contributed by atoms with Gasteiger partial charge in [-0.25, -0.2) is 0 Å². The van der Waals surface area contributed by atoms with Gasteiger partial charge in [-0.3, -0.25) is 0 Å². The van der Waals surface area contributed by atoms with Crippen LogP contribution in [0.2, 0.25) is 0 Å². The molecule has 2 nitrogen and oxygen atoms in total. The largest absolute Gasteiger partial charge is 0.310 e. The third-order valence-corrected chi connectivity index (χ3v) is 11.1. The summed E-state index contributed by atoms with van der Waals surface area (Å²) in [5, 5.41) is 0. The van der Waals surface area contributed by atoms with Crippen molar-refractivity contribution < 1.29 is 0 Å². The maximum Gasteiger partial charge on any atom is 0.0465 e. The van der Waals surface area contributed by atoms with Crippen LogP contribution >= 0.6 is 0 Å². The third kappa shape index (κ3) is 6.40. The lowest BCUT2D eigenvalue weighted by atomic mass is 9.82. The second kappa shape index (κ2) is 14.0. The van der Waals surface area contributed by atoms with E-state index < -0.39 is 0 Å². The van der Waals surface area contributed by atoms with Gasteiger partial charge in [0.15, 0.2) is 0 Å². The molecule has 55 heavy (non-hydrogen) atoms. The van der Waals surface area contributed by atoms with Gasteiger partial charge in [-0.1, -0.05) is 135 Å². The van der Waals surface area contributed by atoms with Gasteiger partial charge in [0, 0.05) is 39.5 Å². The van der Waals surface area contributed by atoms with Crippen molar-refractivity contribution >= 4 is 34.1 Å². The van der Waals surface area contributed by atoms with Gasteiger partial charge in [0.25, 0.3) is 0 Å². The van der Waals surface area contributed by atoms with E-state index in [0.29, 0.717) is 0 Å². The Hall–Kier alpha value is -6.64. The molecule has 0 aromatic heterocycles. The highest BCUT2D eigenvalue weighted by Gasteiger charge is 2.37. The highest BCUT2D eigenvalue weighted by atomic mass is 15.1. The first-order valence-corrected chi connectivity index (χ1v) is 19.2. The lowest BCUT2D eigenvalue weighted by Crippen LogP contribution is -2.17. The Balaban J connectivity index is 1.13. The molecule has 0 heterocycles. The Labute approximate surface area is 325 Å². The van der Waals surface area contributed by atoms with Crippen LogP contribution in [0.25, 0.3) is 33.4 Å². The smallest absolute Gasteiger partial charge is 0.0465 e. The lowest BCUT2D eigenvalue weighted by Gasteiger charge is -2.29. The Kier molecular flexibility index (Phi) is 8.67. The van der Waals surface area contributed by atoms with Crippen molar-refractivity contribution in [3.8, 4) is 33.4 Å². The van der Waals surface area contributed by atoms with Crippen molar-refractivity contribution in [3.05, 3.63) is 216 Å². The molecule has 0 amide bonds. The number of anilines is 6. The molecule has 0 radical (unpaired) electrons. The maximum atomic E-state index is 2.42. The van der Waals surface area contributed by atoms with Crippen molar-refractivity contribution in [3.63, 3.8) is 0 Å². The molecule has 0 aliphatic heterocycles. The van der Waals surface area contributed by atoms with Gasteiger partial charge < -0.3 is 9.80 Å². The number of hydrogen-bond donors (Lipinski definition) is 0. The number of fused-ring (bicyclic) bond motifs is 3. The normalized spacial score (nSPS) is 12.5. The van der Waals surface area contributed by atoms with Crippen LogP contribution in [0.1, 0.15) is 36.1 Å². The van der Waals surface area contributed by atoms with E-state index in [1.165, 1.54) is 55.6 Å². The number of rotatable bonds is 8. The quantitative estimate of drug-likeness (QED) is 0.155. The fourth-order valence-corrected chi connectivity index (χ4v) is 8.29. The summed E-state index contributed by atoms with van der Waals surface area (Å²) < 4.78 is 0. The van der Waals surface area contributed by atoms with Crippen LogP contribution < -0.4 is 9.80 Å². The van der Waals surface area contributed by atoms with E-state index in [1.54, 1.807) is 0 Å². The predicted molar refractivity (Wildman–Crippen MR) is 234 cm³/mol. The van der Waals surface area contributed by atoms with Crippen LogP contribution in [0.5, 0.6) is 0 Å². The molecule has 0 bridgehead atoms. The minimum Gasteiger partial charge on any atom is -0.310 e. The van der Waals surface area contributed by atoms with Crippen LogP contribution in [0.4, 0.5) is 34.1 Å².